The monoisotopic (exact) mass is 297 g/mol. The third-order valence-corrected chi connectivity index (χ3v) is 3.48. The van der Waals surface area contributed by atoms with E-state index in [9.17, 15) is 9.59 Å². The molecule has 0 spiro atoms. The number of carbonyl (C=O) groups excluding carboxylic acids is 2. The van der Waals surface area contributed by atoms with Gasteiger partial charge < -0.3 is 14.4 Å². The van der Waals surface area contributed by atoms with Crippen LogP contribution in [0.5, 0.6) is 0 Å². The maximum absolute atomic E-state index is 12.4. The number of amides is 1. The van der Waals surface area contributed by atoms with Gasteiger partial charge in [0.15, 0.2) is 0 Å². The number of ether oxygens (including phenoxy) is 2. The van der Waals surface area contributed by atoms with Crippen LogP contribution in [0.25, 0.3) is 0 Å². The summed E-state index contributed by atoms with van der Waals surface area (Å²) in [6, 6.07) is 6.92. The van der Waals surface area contributed by atoms with Gasteiger partial charge in [-0.3, -0.25) is 9.59 Å². The van der Waals surface area contributed by atoms with E-state index in [-0.39, 0.29) is 24.4 Å². The van der Waals surface area contributed by atoms with E-state index in [0.717, 1.165) is 0 Å². The number of hydrogen-bond acceptors (Lipinski definition) is 4. The van der Waals surface area contributed by atoms with Gasteiger partial charge in [-0.15, -0.1) is 0 Å². The number of esters is 1. The van der Waals surface area contributed by atoms with E-state index in [1.54, 1.807) is 29.2 Å². The van der Waals surface area contributed by atoms with Crippen molar-refractivity contribution in [3.05, 3.63) is 34.9 Å². The van der Waals surface area contributed by atoms with Gasteiger partial charge in [0.25, 0.3) is 5.91 Å². The van der Waals surface area contributed by atoms with E-state index in [0.29, 0.717) is 30.3 Å². The number of benzene rings is 1. The lowest BCUT2D eigenvalue weighted by molar-refractivity contribution is -0.145. The van der Waals surface area contributed by atoms with Crippen LogP contribution in [0.1, 0.15) is 16.8 Å². The fourth-order valence-electron chi connectivity index (χ4n) is 2.10. The first-order valence-electron chi connectivity index (χ1n) is 6.34. The zero-order valence-corrected chi connectivity index (χ0v) is 11.9. The summed E-state index contributed by atoms with van der Waals surface area (Å²) in [5, 5.41) is 0.425. The molecule has 6 heteroatoms. The molecule has 1 saturated heterocycles. The molecule has 0 aliphatic carbocycles. The molecule has 1 aromatic rings. The third kappa shape index (κ3) is 3.49. The molecule has 5 nitrogen and oxygen atoms in total. The first-order chi connectivity index (χ1) is 9.61. The molecule has 1 atom stereocenters. The van der Waals surface area contributed by atoms with Crippen molar-refractivity contribution in [1.82, 2.24) is 4.90 Å². The first-order valence-corrected chi connectivity index (χ1v) is 6.72. The summed E-state index contributed by atoms with van der Waals surface area (Å²) < 4.78 is 10.1. The second-order valence-electron chi connectivity index (χ2n) is 4.50. The molecule has 20 heavy (non-hydrogen) atoms. The molecule has 0 bridgehead atoms. The minimum Gasteiger partial charge on any atom is -0.469 e. The van der Waals surface area contributed by atoms with Gasteiger partial charge in [0.1, 0.15) is 0 Å². The standard InChI is InChI=1S/C14H16ClNO4/c1-19-13(17)8-10-9-16(6-7-20-10)14(18)11-4-2-3-5-12(11)15/h2-5,10H,6-9H2,1H3. The quantitative estimate of drug-likeness (QED) is 0.798. The number of halogens is 1. The second kappa shape index (κ2) is 6.72. The van der Waals surface area contributed by atoms with Crippen molar-refractivity contribution in [3.63, 3.8) is 0 Å². The predicted octanol–water partition coefficient (Wildman–Crippen LogP) is 1.74. The van der Waals surface area contributed by atoms with Crippen molar-refractivity contribution in [2.75, 3.05) is 26.8 Å². The summed E-state index contributed by atoms with van der Waals surface area (Å²) in [6.07, 6.45) is -0.189. The lowest BCUT2D eigenvalue weighted by atomic mass is 10.1. The Labute approximate surface area is 122 Å². The van der Waals surface area contributed by atoms with Crippen LogP contribution in [-0.2, 0) is 14.3 Å². The van der Waals surface area contributed by atoms with Crippen LogP contribution in [0, 0.1) is 0 Å². The molecule has 1 aromatic carbocycles. The van der Waals surface area contributed by atoms with Crippen LogP contribution in [0.15, 0.2) is 24.3 Å². The Morgan fingerprint density at radius 1 is 1.45 bits per heavy atom. The molecule has 1 aliphatic rings. The van der Waals surface area contributed by atoms with Gasteiger partial charge in [0, 0.05) is 13.1 Å². The number of nitrogens with zero attached hydrogens (tertiary/aromatic N) is 1. The van der Waals surface area contributed by atoms with E-state index >= 15 is 0 Å². The zero-order valence-electron chi connectivity index (χ0n) is 11.2. The highest BCUT2D eigenvalue weighted by molar-refractivity contribution is 6.33. The van der Waals surface area contributed by atoms with Crippen LogP contribution in [0.4, 0.5) is 0 Å². The molecule has 0 N–H and O–H groups in total. The van der Waals surface area contributed by atoms with Gasteiger partial charge in [0.2, 0.25) is 0 Å². The van der Waals surface area contributed by atoms with Gasteiger partial charge in [-0.1, -0.05) is 23.7 Å². The van der Waals surface area contributed by atoms with E-state index in [1.165, 1.54) is 7.11 Å². The van der Waals surface area contributed by atoms with Crippen molar-refractivity contribution in [2.24, 2.45) is 0 Å². The molecule has 108 valence electrons. The molecular formula is C14H16ClNO4. The molecule has 2 rings (SSSR count). The SMILES string of the molecule is COC(=O)CC1CN(C(=O)c2ccccc2Cl)CCO1. The summed E-state index contributed by atoms with van der Waals surface area (Å²) in [7, 11) is 1.33. The fraction of sp³-hybridized carbons (Fsp3) is 0.429. The molecule has 1 unspecified atom stereocenters. The van der Waals surface area contributed by atoms with Crippen LogP contribution in [0.2, 0.25) is 5.02 Å². The molecule has 0 aromatic heterocycles. The van der Waals surface area contributed by atoms with Crippen LogP contribution in [-0.4, -0.2) is 49.7 Å². The minimum atomic E-state index is -0.345. The first kappa shape index (κ1) is 14.8. The van der Waals surface area contributed by atoms with Crippen molar-refractivity contribution >= 4 is 23.5 Å². The van der Waals surface area contributed by atoms with Crippen LogP contribution in [0.3, 0.4) is 0 Å². The van der Waals surface area contributed by atoms with Gasteiger partial charge in [-0.05, 0) is 12.1 Å². The number of rotatable bonds is 3. The van der Waals surface area contributed by atoms with Crippen molar-refractivity contribution in [3.8, 4) is 0 Å². The van der Waals surface area contributed by atoms with Gasteiger partial charge >= 0.3 is 5.97 Å². The number of carbonyl (C=O) groups is 2. The summed E-state index contributed by atoms with van der Waals surface area (Å²) in [6.45, 7) is 1.25. The summed E-state index contributed by atoms with van der Waals surface area (Å²) in [5.41, 5.74) is 0.466. The molecule has 1 aliphatic heterocycles. The summed E-state index contributed by atoms with van der Waals surface area (Å²) in [5.74, 6) is -0.490. The van der Waals surface area contributed by atoms with E-state index < -0.39 is 0 Å². The fourth-order valence-corrected chi connectivity index (χ4v) is 2.32. The maximum atomic E-state index is 12.4. The second-order valence-corrected chi connectivity index (χ2v) is 4.91. The number of methoxy groups -OCH3 is 1. The lowest BCUT2D eigenvalue weighted by Crippen LogP contribution is -2.46. The predicted molar refractivity (Wildman–Crippen MR) is 73.7 cm³/mol. The van der Waals surface area contributed by atoms with Crippen molar-refractivity contribution in [2.45, 2.75) is 12.5 Å². The summed E-state index contributed by atoms with van der Waals surface area (Å²) in [4.78, 5) is 25.3. The van der Waals surface area contributed by atoms with E-state index in [2.05, 4.69) is 4.74 Å². The number of hydrogen-bond donors (Lipinski definition) is 0. The largest absolute Gasteiger partial charge is 0.469 e. The normalized spacial score (nSPS) is 18.7. The topological polar surface area (TPSA) is 55.8 Å². The van der Waals surface area contributed by atoms with Crippen molar-refractivity contribution in [1.29, 1.82) is 0 Å². The molecule has 1 fully saturated rings. The van der Waals surface area contributed by atoms with Crippen LogP contribution >= 0.6 is 11.6 Å². The van der Waals surface area contributed by atoms with Gasteiger partial charge in [0.05, 0.1) is 36.8 Å². The van der Waals surface area contributed by atoms with E-state index in [1.807, 2.05) is 0 Å². The Morgan fingerprint density at radius 2 is 2.20 bits per heavy atom. The zero-order chi connectivity index (χ0) is 14.5. The highest BCUT2D eigenvalue weighted by atomic mass is 35.5. The number of morpholine rings is 1. The average molecular weight is 298 g/mol. The maximum Gasteiger partial charge on any atom is 0.308 e. The van der Waals surface area contributed by atoms with E-state index in [4.69, 9.17) is 16.3 Å². The molecule has 0 saturated carbocycles. The smallest absolute Gasteiger partial charge is 0.308 e. The lowest BCUT2D eigenvalue weighted by Gasteiger charge is -2.32. The van der Waals surface area contributed by atoms with Crippen LogP contribution < -0.4 is 0 Å². The molecule has 0 radical (unpaired) electrons. The van der Waals surface area contributed by atoms with Gasteiger partial charge in [-0.25, -0.2) is 0 Å². The van der Waals surface area contributed by atoms with Gasteiger partial charge in [-0.2, -0.15) is 0 Å². The Hall–Kier alpha value is -1.59. The Balaban J connectivity index is 2.03. The molecular weight excluding hydrogens is 282 g/mol. The highest BCUT2D eigenvalue weighted by Crippen LogP contribution is 2.19. The van der Waals surface area contributed by atoms with Crippen molar-refractivity contribution < 1.29 is 19.1 Å². The Morgan fingerprint density at radius 3 is 2.90 bits per heavy atom. The summed E-state index contributed by atoms with van der Waals surface area (Å²) >= 11 is 6.03. The highest BCUT2D eigenvalue weighted by Gasteiger charge is 2.27. The Bertz CT molecular complexity index is 506. The molecule has 1 heterocycles. The molecule has 1 amide bonds. The third-order valence-electron chi connectivity index (χ3n) is 3.15. The Kier molecular flexibility index (Phi) is 4.98. The average Bonchev–Trinajstić information content (AvgIpc) is 2.47. The minimum absolute atomic E-state index is 0.142.